The molecule has 0 saturated carbocycles. The van der Waals surface area contributed by atoms with Gasteiger partial charge in [-0.2, -0.15) is 0 Å². The Morgan fingerprint density at radius 3 is 2.52 bits per heavy atom. The van der Waals surface area contributed by atoms with Gasteiger partial charge in [-0.3, -0.25) is 4.79 Å². The van der Waals surface area contributed by atoms with E-state index in [1.165, 1.54) is 0 Å². The van der Waals surface area contributed by atoms with Crippen molar-refractivity contribution in [2.75, 3.05) is 18.8 Å². The highest BCUT2D eigenvalue weighted by Crippen LogP contribution is 2.31. The Kier molecular flexibility index (Phi) is 4.91. The third-order valence-corrected chi connectivity index (χ3v) is 7.54. The van der Waals surface area contributed by atoms with Gasteiger partial charge < -0.3 is 9.64 Å². The molecule has 1 saturated heterocycles. The fourth-order valence-electron chi connectivity index (χ4n) is 3.91. The molecule has 0 N–H and O–H groups in total. The number of fused-ring (bicyclic) bond motifs is 1. The van der Waals surface area contributed by atoms with Crippen LogP contribution in [-0.4, -0.2) is 44.2 Å². The van der Waals surface area contributed by atoms with Gasteiger partial charge in [0.2, 0.25) is 0 Å². The number of ether oxygens (including phenoxy) is 1. The van der Waals surface area contributed by atoms with Crippen LogP contribution in [-0.2, 0) is 21.1 Å². The van der Waals surface area contributed by atoms with Crippen molar-refractivity contribution < 1.29 is 17.9 Å². The number of aryl methyl sites for hydroxylation is 1. The highest BCUT2D eigenvalue weighted by Gasteiger charge is 2.36. The molecular formula is C21H23NO4S. The van der Waals surface area contributed by atoms with Crippen LogP contribution in [0.15, 0.2) is 54.6 Å². The number of sulfone groups is 1. The molecule has 2 aliphatic heterocycles. The first-order valence-electron chi connectivity index (χ1n) is 9.34. The van der Waals surface area contributed by atoms with Gasteiger partial charge in [0.25, 0.3) is 5.91 Å². The summed E-state index contributed by atoms with van der Waals surface area (Å²) in [5, 5.41) is -0.551. The first-order valence-corrected chi connectivity index (χ1v) is 11.1. The molecule has 2 aromatic carbocycles. The van der Waals surface area contributed by atoms with Gasteiger partial charge in [-0.25, -0.2) is 8.42 Å². The number of carbonyl (C=O) groups excluding carboxylic acids is 1. The van der Waals surface area contributed by atoms with Crippen LogP contribution >= 0.6 is 0 Å². The van der Waals surface area contributed by atoms with Crippen LogP contribution in [0.25, 0.3) is 0 Å². The van der Waals surface area contributed by atoms with Crippen molar-refractivity contribution in [2.45, 2.75) is 30.6 Å². The van der Waals surface area contributed by atoms with E-state index in [1.807, 2.05) is 54.6 Å². The molecule has 0 spiro atoms. The van der Waals surface area contributed by atoms with Gasteiger partial charge >= 0.3 is 0 Å². The summed E-state index contributed by atoms with van der Waals surface area (Å²) in [5.74, 6) is 0.641. The number of para-hydroxylation sites is 1. The lowest BCUT2D eigenvalue weighted by Gasteiger charge is -2.30. The van der Waals surface area contributed by atoms with E-state index >= 15 is 0 Å². The van der Waals surface area contributed by atoms with Crippen molar-refractivity contribution >= 4 is 15.7 Å². The minimum atomic E-state index is -3.29. The van der Waals surface area contributed by atoms with Gasteiger partial charge in [-0.05, 0) is 36.5 Å². The molecule has 1 amide bonds. The minimum Gasteiger partial charge on any atom is -0.480 e. The monoisotopic (exact) mass is 385 g/mol. The molecule has 0 aromatic heterocycles. The molecule has 0 bridgehead atoms. The summed E-state index contributed by atoms with van der Waals surface area (Å²) in [6.45, 7) is 0.658. The average molecular weight is 385 g/mol. The zero-order valence-electron chi connectivity index (χ0n) is 15.1. The molecule has 6 heteroatoms. The molecule has 2 aromatic rings. The van der Waals surface area contributed by atoms with E-state index in [0.717, 1.165) is 23.3 Å². The molecule has 1 fully saturated rings. The lowest BCUT2D eigenvalue weighted by atomic mass is 10.0. The maximum absolute atomic E-state index is 13.0. The molecule has 0 aliphatic carbocycles. The second kappa shape index (κ2) is 7.35. The molecule has 4 rings (SSSR count). The van der Waals surface area contributed by atoms with Gasteiger partial charge in [0.1, 0.15) is 5.75 Å². The van der Waals surface area contributed by atoms with Crippen LogP contribution in [0, 0.1) is 0 Å². The Morgan fingerprint density at radius 2 is 1.70 bits per heavy atom. The molecule has 27 heavy (non-hydrogen) atoms. The Labute approximate surface area is 159 Å². The quantitative estimate of drug-likeness (QED) is 0.797. The second-order valence-corrected chi connectivity index (χ2v) is 9.44. The van der Waals surface area contributed by atoms with Crippen molar-refractivity contribution in [3.05, 3.63) is 65.7 Å². The molecule has 0 radical (unpaired) electrons. The van der Waals surface area contributed by atoms with Gasteiger partial charge in [-0.15, -0.1) is 0 Å². The highest BCUT2D eigenvalue weighted by atomic mass is 32.2. The van der Waals surface area contributed by atoms with Crippen LogP contribution in [0.2, 0.25) is 0 Å². The number of rotatable bonds is 2. The van der Waals surface area contributed by atoms with Gasteiger partial charge in [0, 0.05) is 13.1 Å². The summed E-state index contributed by atoms with van der Waals surface area (Å²) in [4.78, 5) is 14.6. The lowest BCUT2D eigenvalue weighted by molar-refractivity contribution is -0.139. The van der Waals surface area contributed by atoms with Crippen molar-refractivity contribution in [1.82, 2.24) is 4.90 Å². The summed E-state index contributed by atoms with van der Waals surface area (Å²) in [5.41, 5.74) is 1.92. The van der Waals surface area contributed by atoms with Gasteiger partial charge in [0.15, 0.2) is 15.9 Å². The van der Waals surface area contributed by atoms with Crippen LogP contribution in [0.5, 0.6) is 5.75 Å². The van der Waals surface area contributed by atoms with E-state index in [9.17, 15) is 13.2 Å². The zero-order valence-corrected chi connectivity index (χ0v) is 15.9. The standard InChI is InChI=1S/C21H23NO4S/c23-21(19-11-10-16-6-4-5-9-18(16)26-19)22-13-12-20(27(24,25)15-14-22)17-7-2-1-3-8-17/h1-9,19-20H,10-15H2/t19-,20+/m1/s1. The molecule has 2 heterocycles. The third-order valence-electron chi connectivity index (χ3n) is 5.42. The number of benzene rings is 2. The third kappa shape index (κ3) is 3.72. The fourth-order valence-corrected chi connectivity index (χ4v) is 5.70. The molecule has 0 unspecified atom stereocenters. The topological polar surface area (TPSA) is 63.7 Å². The van der Waals surface area contributed by atoms with Crippen molar-refractivity contribution in [2.24, 2.45) is 0 Å². The van der Waals surface area contributed by atoms with Gasteiger partial charge in [-0.1, -0.05) is 48.5 Å². The van der Waals surface area contributed by atoms with Crippen molar-refractivity contribution in [3.63, 3.8) is 0 Å². The molecule has 2 atom stereocenters. The molecule has 142 valence electrons. The van der Waals surface area contributed by atoms with E-state index in [0.29, 0.717) is 19.4 Å². The molecule has 5 nitrogen and oxygen atoms in total. The summed E-state index contributed by atoms with van der Waals surface area (Å²) in [7, 11) is -3.29. The Balaban J connectivity index is 1.49. The van der Waals surface area contributed by atoms with Crippen LogP contribution < -0.4 is 4.74 Å². The van der Waals surface area contributed by atoms with E-state index in [1.54, 1.807) is 4.90 Å². The first-order chi connectivity index (χ1) is 13.0. The normalized spacial score (nSPS) is 24.4. The van der Waals surface area contributed by atoms with E-state index in [-0.39, 0.29) is 18.2 Å². The number of carbonyl (C=O) groups is 1. The van der Waals surface area contributed by atoms with Crippen molar-refractivity contribution in [1.29, 1.82) is 0 Å². The van der Waals surface area contributed by atoms with E-state index < -0.39 is 21.2 Å². The lowest BCUT2D eigenvalue weighted by Crippen LogP contribution is -2.44. The maximum atomic E-state index is 13.0. The number of hydrogen-bond donors (Lipinski definition) is 0. The van der Waals surface area contributed by atoms with Crippen LogP contribution in [0.3, 0.4) is 0 Å². The molecular weight excluding hydrogens is 362 g/mol. The van der Waals surface area contributed by atoms with Crippen LogP contribution in [0.4, 0.5) is 0 Å². The summed E-state index contributed by atoms with van der Waals surface area (Å²) in [6.07, 6.45) is 1.31. The minimum absolute atomic E-state index is 0.0123. The Morgan fingerprint density at radius 1 is 0.963 bits per heavy atom. The zero-order chi connectivity index (χ0) is 18.9. The van der Waals surface area contributed by atoms with Crippen LogP contribution in [0.1, 0.15) is 29.2 Å². The largest absolute Gasteiger partial charge is 0.480 e. The second-order valence-electron chi connectivity index (χ2n) is 7.13. The average Bonchev–Trinajstić information content (AvgIpc) is 2.85. The van der Waals surface area contributed by atoms with Gasteiger partial charge in [0.05, 0.1) is 11.0 Å². The number of hydrogen-bond acceptors (Lipinski definition) is 4. The fraction of sp³-hybridized carbons (Fsp3) is 0.381. The first kappa shape index (κ1) is 18.0. The smallest absolute Gasteiger partial charge is 0.263 e. The maximum Gasteiger partial charge on any atom is 0.263 e. The summed E-state index contributed by atoms with van der Waals surface area (Å²) >= 11 is 0. The number of nitrogens with zero attached hydrogens (tertiary/aromatic N) is 1. The summed E-state index contributed by atoms with van der Waals surface area (Å²) in [6, 6.07) is 17.0. The predicted octanol–water partition coefficient (Wildman–Crippen LogP) is 2.77. The SMILES string of the molecule is O=C([C@H]1CCc2ccccc2O1)N1CC[C@@H](c2ccccc2)S(=O)(=O)CC1. The Hall–Kier alpha value is -2.34. The van der Waals surface area contributed by atoms with E-state index in [4.69, 9.17) is 4.74 Å². The number of amides is 1. The predicted molar refractivity (Wildman–Crippen MR) is 103 cm³/mol. The van der Waals surface area contributed by atoms with E-state index in [2.05, 4.69) is 0 Å². The molecule has 2 aliphatic rings. The Bertz CT molecular complexity index is 926. The highest BCUT2D eigenvalue weighted by molar-refractivity contribution is 7.91. The summed E-state index contributed by atoms with van der Waals surface area (Å²) < 4.78 is 31.4. The van der Waals surface area contributed by atoms with Crippen molar-refractivity contribution in [3.8, 4) is 5.75 Å².